The van der Waals surface area contributed by atoms with E-state index in [-0.39, 0.29) is 17.4 Å². The van der Waals surface area contributed by atoms with Crippen LogP contribution in [-0.2, 0) is 9.53 Å². The molecule has 1 spiro atoms. The van der Waals surface area contributed by atoms with Crippen molar-refractivity contribution in [3.63, 3.8) is 0 Å². The van der Waals surface area contributed by atoms with Crippen LogP contribution in [0.4, 0.5) is 0 Å². The fourth-order valence-electron chi connectivity index (χ4n) is 4.41. The molecule has 0 radical (unpaired) electrons. The molecule has 1 atom stereocenters. The molecule has 3 aliphatic rings. The molecule has 3 aliphatic heterocycles. The third-order valence-electron chi connectivity index (χ3n) is 6.01. The average Bonchev–Trinajstić information content (AvgIpc) is 3.19. The second-order valence-electron chi connectivity index (χ2n) is 7.54. The van der Waals surface area contributed by atoms with E-state index < -0.39 is 0 Å². The first kappa shape index (κ1) is 18.2. The standard InChI is InChI=1S/C19H26N4O4/c1-26-17-3-2-14(10-20-17)18(25)22-7-4-15(5-8-22)23-11-16(24)21-12-19(23)6-9-27-13-19/h2-3,10,15H,4-9,11-13H2,1H3,(H,21,24). The highest BCUT2D eigenvalue weighted by Gasteiger charge is 2.47. The van der Waals surface area contributed by atoms with Gasteiger partial charge in [-0.1, -0.05) is 0 Å². The molecular formula is C19H26N4O4. The number of aromatic nitrogens is 1. The molecule has 27 heavy (non-hydrogen) atoms. The monoisotopic (exact) mass is 374 g/mol. The van der Waals surface area contributed by atoms with Gasteiger partial charge in [0, 0.05) is 44.5 Å². The van der Waals surface area contributed by atoms with Gasteiger partial charge in [0.25, 0.3) is 5.91 Å². The van der Waals surface area contributed by atoms with E-state index >= 15 is 0 Å². The van der Waals surface area contributed by atoms with Crippen LogP contribution >= 0.6 is 0 Å². The molecule has 2 amide bonds. The van der Waals surface area contributed by atoms with Gasteiger partial charge >= 0.3 is 0 Å². The van der Waals surface area contributed by atoms with Crippen LogP contribution < -0.4 is 10.1 Å². The zero-order chi connectivity index (χ0) is 18.9. The maximum absolute atomic E-state index is 12.7. The van der Waals surface area contributed by atoms with Crippen LogP contribution in [-0.4, -0.2) is 84.7 Å². The Kier molecular flexibility index (Phi) is 5.01. The first-order valence-corrected chi connectivity index (χ1v) is 9.52. The molecule has 1 N–H and O–H groups in total. The Labute approximate surface area is 158 Å². The summed E-state index contributed by atoms with van der Waals surface area (Å²) in [7, 11) is 1.55. The highest BCUT2D eigenvalue weighted by Crippen LogP contribution is 2.33. The number of piperidine rings is 1. The van der Waals surface area contributed by atoms with Gasteiger partial charge in [0.05, 0.1) is 31.4 Å². The molecule has 1 aromatic rings. The Bertz CT molecular complexity index is 694. The number of ether oxygens (including phenoxy) is 2. The highest BCUT2D eigenvalue weighted by atomic mass is 16.5. The minimum Gasteiger partial charge on any atom is -0.481 e. The number of rotatable bonds is 3. The van der Waals surface area contributed by atoms with Crippen molar-refractivity contribution in [1.82, 2.24) is 20.1 Å². The van der Waals surface area contributed by atoms with Crippen LogP contribution in [0.25, 0.3) is 0 Å². The second kappa shape index (κ2) is 7.44. The first-order valence-electron chi connectivity index (χ1n) is 9.52. The number of carbonyl (C=O) groups excluding carboxylic acids is 2. The number of amides is 2. The summed E-state index contributed by atoms with van der Waals surface area (Å²) in [6, 6.07) is 3.76. The van der Waals surface area contributed by atoms with Crippen molar-refractivity contribution in [3.05, 3.63) is 23.9 Å². The first-order chi connectivity index (χ1) is 13.1. The molecule has 0 saturated carbocycles. The maximum Gasteiger partial charge on any atom is 0.255 e. The molecule has 8 heteroatoms. The lowest BCUT2D eigenvalue weighted by atomic mass is 9.89. The van der Waals surface area contributed by atoms with Gasteiger partial charge in [0.15, 0.2) is 0 Å². The Hall–Kier alpha value is -2.19. The summed E-state index contributed by atoms with van der Waals surface area (Å²) in [5.74, 6) is 0.576. The number of hydrogen-bond acceptors (Lipinski definition) is 6. The molecule has 4 heterocycles. The van der Waals surface area contributed by atoms with Crippen molar-refractivity contribution in [1.29, 1.82) is 0 Å². The largest absolute Gasteiger partial charge is 0.481 e. The van der Waals surface area contributed by atoms with E-state index in [1.807, 2.05) is 4.90 Å². The lowest BCUT2D eigenvalue weighted by Crippen LogP contribution is -2.67. The average molecular weight is 374 g/mol. The van der Waals surface area contributed by atoms with Gasteiger partial charge in [-0.15, -0.1) is 0 Å². The minimum atomic E-state index is -0.0787. The van der Waals surface area contributed by atoms with Crippen LogP contribution in [0.1, 0.15) is 29.6 Å². The predicted octanol–water partition coefficient (Wildman–Crippen LogP) is 0.286. The van der Waals surface area contributed by atoms with Crippen molar-refractivity contribution in [2.45, 2.75) is 30.8 Å². The van der Waals surface area contributed by atoms with E-state index in [9.17, 15) is 9.59 Å². The Morgan fingerprint density at radius 1 is 1.37 bits per heavy atom. The molecule has 0 aliphatic carbocycles. The topological polar surface area (TPSA) is 84.0 Å². The Morgan fingerprint density at radius 3 is 2.81 bits per heavy atom. The van der Waals surface area contributed by atoms with Crippen LogP contribution in [0.15, 0.2) is 18.3 Å². The van der Waals surface area contributed by atoms with E-state index in [1.165, 1.54) is 0 Å². The summed E-state index contributed by atoms with van der Waals surface area (Å²) in [6.45, 7) is 3.86. The quantitative estimate of drug-likeness (QED) is 0.819. The van der Waals surface area contributed by atoms with Gasteiger partial charge in [0.1, 0.15) is 0 Å². The van der Waals surface area contributed by atoms with Crippen LogP contribution in [0.5, 0.6) is 5.88 Å². The molecule has 3 saturated heterocycles. The number of carbonyl (C=O) groups is 2. The summed E-state index contributed by atoms with van der Waals surface area (Å²) in [6.07, 6.45) is 4.24. The number of pyridine rings is 1. The van der Waals surface area contributed by atoms with Gasteiger partial charge in [-0.3, -0.25) is 14.5 Å². The van der Waals surface area contributed by atoms with Crippen molar-refractivity contribution in [2.75, 3.05) is 46.5 Å². The molecule has 4 rings (SSSR count). The van der Waals surface area contributed by atoms with E-state index in [1.54, 1.807) is 25.4 Å². The lowest BCUT2D eigenvalue weighted by Gasteiger charge is -2.49. The molecular weight excluding hydrogens is 348 g/mol. The number of hydrogen-bond donors (Lipinski definition) is 1. The summed E-state index contributed by atoms with van der Waals surface area (Å²) in [4.78, 5) is 33.1. The fourth-order valence-corrected chi connectivity index (χ4v) is 4.41. The third-order valence-corrected chi connectivity index (χ3v) is 6.01. The third kappa shape index (κ3) is 3.51. The van der Waals surface area contributed by atoms with E-state index in [4.69, 9.17) is 9.47 Å². The number of nitrogens with zero attached hydrogens (tertiary/aromatic N) is 3. The molecule has 1 aromatic heterocycles. The fraction of sp³-hybridized carbons (Fsp3) is 0.632. The molecule has 8 nitrogen and oxygen atoms in total. The van der Waals surface area contributed by atoms with Crippen molar-refractivity contribution in [3.8, 4) is 5.88 Å². The molecule has 3 fully saturated rings. The van der Waals surface area contributed by atoms with Crippen LogP contribution in [0.3, 0.4) is 0 Å². The normalized spacial score (nSPS) is 27.0. The van der Waals surface area contributed by atoms with E-state index in [0.717, 1.165) is 25.9 Å². The number of piperazine rings is 1. The van der Waals surface area contributed by atoms with E-state index in [2.05, 4.69) is 15.2 Å². The van der Waals surface area contributed by atoms with Crippen molar-refractivity contribution < 1.29 is 19.1 Å². The Balaban J connectivity index is 1.40. The summed E-state index contributed by atoms with van der Waals surface area (Å²) < 4.78 is 10.7. The molecule has 0 aromatic carbocycles. The minimum absolute atomic E-state index is 0.00102. The van der Waals surface area contributed by atoms with Gasteiger partial charge < -0.3 is 19.7 Å². The number of nitrogens with one attached hydrogen (secondary N) is 1. The molecule has 0 bridgehead atoms. The van der Waals surface area contributed by atoms with Crippen molar-refractivity contribution >= 4 is 11.8 Å². The smallest absolute Gasteiger partial charge is 0.255 e. The second-order valence-corrected chi connectivity index (χ2v) is 7.54. The van der Waals surface area contributed by atoms with Crippen molar-refractivity contribution in [2.24, 2.45) is 0 Å². The van der Waals surface area contributed by atoms with Gasteiger partial charge in [-0.2, -0.15) is 0 Å². The summed E-state index contributed by atoms with van der Waals surface area (Å²) in [5.41, 5.74) is 0.497. The van der Waals surface area contributed by atoms with Crippen LogP contribution in [0.2, 0.25) is 0 Å². The van der Waals surface area contributed by atoms with Crippen LogP contribution in [0, 0.1) is 0 Å². The predicted molar refractivity (Wildman–Crippen MR) is 97.6 cm³/mol. The number of methoxy groups -OCH3 is 1. The maximum atomic E-state index is 12.7. The summed E-state index contributed by atoms with van der Waals surface area (Å²) >= 11 is 0. The Morgan fingerprint density at radius 2 is 2.19 bits per heavy atom. The molecule has 1 unspecified atom stereocenters. The zero-order valence-corrected chi connectivity index (χ0v) is 15.6. The van der Waals surface area contributed by atoms with E-state index in [0.29, 0.717) is 50.3 Å². The van der Waals surface area contributed by atoms with Gasteiger partial charge in [0.2, 0.25) is 11.8 Å². The lowest BCUT2D eigenvalue weighted by molar-refractivity contribution is -0.131. The molecule has 146 valence electrons. The summed E-state index contributed by atoms with van der Waals surface area (Å²) in [5, 5.41) is 3.00. The van der Waals surface area contributed by atoms with Gasteiger partial charge in [-0.25, -0.2) is 4.98 Å². The highest BCUT2D eigenvalue weighted by molar-refractivity contribution is 5.94. The van der Waals surface area contributed by atoms with Gasteiger partial charge in [-0.05, 0) is 25.3 Å². The zero-order valence-electron chi connectivity index (χ0n) is 15.6. The number of likely N-dealkylation sites (tertiary alicyclic amines) is 1. The SMILES string of the molecule is COc1ccc(C(=O)N2CCC(N3CC(=O)NCC34CCOC4)CC2)cn1.